The molecule has 0 fully saturated rings. The van der Waals surface area contributed by atoms with Gasteiger partial charge in [0.15, 0.2) is 17.1 Å². The highest BCUT2D eigenvalue weighted by molar-refractivity contribution is 7.99. The molecule has 1 atom stereocenters. The third-order valence-corrected chi connectivity index (χ3v) is 6.04. The van der Waals surface area contributed by atoms with Crippen molar-refractivity contribution in [1.82, 2.24) is 25.0 Å². The molecular weight excluding hydrogens is 420 g/mol. The van der Waals surface area contributed by atoms with Crippen LogP contribution in [0.1, 0.15) is 35.0 Å². The number of amides is 1. The highest BCUT2D eigenvalue weighted by Gasteiger charge is 2.20. The van der Waals surface area contributed by atoms with Gasteiger partial charge in [-0.05, 0) is 51.0 Å². The topological polar surface area (TPSA) is 94.8 Å². The van der Waals surface area contributed by atoms with Gasteiger partial charge in [-0.2, -0.15) is 0 Å². The minimum absolute atomic E-state index is 0.176. The minimum atomic E-state index is -0.313. The van der Waals surface area contributed by atoms with Gasteiger partial charge in [0.2, 0.25) is 11.0 Å². The maximum absolute atomic E-state index is 12.2. The van der Waals surface area contributed by atoms with E-state index < -0.39 is 0 Å². The van der Waals surface area contributed by atoms with Gasteiger partial charge < -0.3 is 4.74 Å². The largest absolute Gasteiger partial charge is 0.483 e. The first-order chi connectivity index (χ1) is 14.4. The number of anilines is 1. The summed E-state index contributed by atoms with van der Waals surface area (Å²) in [6, 6.07) is 5.99. The van der Waals surface area contributed by atoms with E-state index in [0.717, 1.165) is 10.8 Å². The number of aryl methyl sites for hydroxylation is 3. The van der Waals surface area contributed by atoms with Gasteiger partial charge in [-0.1, -0.05) is 35.2 Å². The summed E-state index contributed by atoms with van der Waals surface area (Å²) in [6.07, 6.45) is 1.45. The van der Waals surface area contributed by atoms with Gasteiger partial charge in [0.1, 0.15) is 10.8 Å². The number of thioether (sulfide) groups is 1. The lowest BCUT2D eigenvalue weighted by Gasteiger charge is -2.16. The van der Waals surface area contributed by atoms with Crippen LogP contribution >= 0.6 is 23.1 Å². The van der Waals surface area contributed by atoms with E-state index in [9.17, 15) is 4.79 Å². The molecule has 30 heavy (non-hydrogen) atoms. The van der Waals surface area contributed by atoms with Crippen LogP contribution in [0.2, 0.25) is 0 Å². The van der Waals surface area contributed by atoms with Crippen molar-refractivity contribution >= 4 is 34.1 Å². The lowest BCUT2D eigenvalue weighted by molar-refractivity contribution is -0.113. The number of benzene rings is 1. The Morgan fingerprint density at radius 2 is 2.07 bits per heavy atom. The van der Waals surface area contributed by atoms with Crippen molar-refractivity contribution in [3.63, 3.8) is 0 Å². The first-order valence-electron chi connectivity index (χ1n) is 9.38. The molecule has 2 aromatic heterocycles. The Hall–Kier alpha value is -2.72. The van der Waals surface area contributed by atoms with Gasteiger partial charge in [0, 0.05) is 6.54 Å². The van der Waals surface area contributed by atoms with Crippen LogP contribution in [0, 0.1) is 20.8 Å². The SMILES string of the molecule is C=CCn1c(SCC(=O)Nc2nnc(C)s2)nnc1[C@@H](C)Oc1ccc(C)c(C)c1. The second kappa shape index (κ2) is 9.86. The second-order valence-corrected chi connectivity index (χ2v) is 8.83. The average Bonchev–Trinajstić information content (AvgIpc) is 3.29. The van der Waals surface area contributed by atoms with Crippen molar-refractivity contribution in [2.75, 3.05) is 11.1 Å². The van der Waals surface area contributed by atoms with Gasteiger partial charge >= 0.3 is 0 Å². The normalized spacial score (nSPS) is 11.9. The lowest BCUT2D eigenvalue weighted by atomic mass is 10.1. The molecule has 0 saturated heterocycles. The number of ether oxygens (including phenoxy) is 1. The van der Waals surface area contributed by atoms with Crippen LogP contribution < -0.4 is 10.1 Å². The van der Waals surface area contributed by atoms with E-state index in [1.807, 2.05) is 36.6 Å². The standard InChI is InChI=1S/C20H24N6O2S2/c1-6-9-26-18(14(4)28-16-8-7-12(2)13(3)10-16)23-25-20(26)29-11-17(27)21-19-24-22-15(5)30-19/h6-8,10,14H,1,9,11H2,2-5H3,(H,21,24,27)/t14-/m1/s1. The zero-order chi connectivity index (χ0) is 21.7. The molecule has 3 rings (SSSR count). The highest BCUT2D eigenvalue weighted by atomic mass is 32.2. The number of hydrogen-bond acceptors (Lipinski definition) is 8. The Bertz CT molecular complexity index is 1050. The Balaban J connectivity index is 1.68. The van der Waals surface area contributed by atoms with E-state index in [-0.39, 0.29) is 17.8 Å². The fourth-order valence-electron chi connectivity index (χ4n) is 2.68. The van der Waals surface area contributed by atoms with E-state index in [2.05, 4.69) is 46.1 Å². The molecule has 1 aromatic carbocycles. The van der Waals surface area contributed by atoms with Crippen LogP contribution in [0.25, 0.3) is 0 Å². The van der Waals surface area contributed by atoms with Crippen molar-refractivity contribution in [3.05, 3.63) is 52.8 Å². The highest BCUT2D eigenvalue weighted by Crippen LogP contribution is 2.26. The predicted octanol–water partition coefficient (Wildman–Crippen LogP) is 4.11. The number of rotatable bonds is 9. The molecule has 2 heterocycles. The molecule has 0 unspecified atom stereocenters. The predicted molar refractivity (Wildman–Crippen MR) is 119 cm³/mol. The fourth-order valence-corrected chi connectivity index (χ4v) is 4.05. The lowest BCUT2D eigenvalue weighted by Crippen LogP contribution is -2.15. The zero-order valence-electron chi connectivity index (χ0n) is 17.4. The van der Waals surface area contributed by atoms with E-state index >= 15 is 0 Å². The van der Waals surface area contributed by atoms with Crippen LogP contribution in [0.4, 0.5) is 5.13 Å². The van der Waals surface area contributed by atoms with E-state index in [0.29, 0.717) is 22.7 Å². The Morgan fingerprint density at radius 1 is 1.27 bits per heavy atom. The second-order valence-electron chi connectivity index (χ2n) is 6.71. The molecule has 8 nitrogen and oxygen atoms in total. The number of nitrogens with zero attached hydrogens (tertiary/aromatic N) is 5. The molecule has 0 saturated carbocycles. The van der Waals surface area contributed by atoms with E-state index in [1.165, 1.54) is 34.2 Å². The molecule has 0 aliphatic heterocycles. The minimum Gasteiger partial charge on any atom is -0.483 e. The molecule has 1 N–H and O–H groups in total. The zero-order valence-corrected chi connectivity index (χ0v) is 19.0. The monoisotopic (exact) mass is 444 g/mol. The molecule has 0 bridgehead atoms. The third-order valence-electron chi connectivity index (χ3n) is 4.32. The first kappa shape index (κ1) is 22.0. The van der Waals surface area contributed by atoms with Crippen LogP contribution in [-0.4, -0.2) is 36.6 Å². The van der Waals surface area contributed by atoms with Crippen molar-refractivity contribution in [1.29, 1.82) is 0 Å². The number of aromatic nitrogens is 5. The number of carbonyl (C=O) groups is 1. The van der Waals surface area contributed by atoms with Gasteiger partial charge in [-0.25, -0.2) is 0 Å². The number of nitrogens with one attached hydrogen (secondary N) is 1. The van der Waals surface area contributed by atoms with Gasteiger partial charge in [-0.3, -0.25) is 14.7 Å². The smallest absolute Gasteiger partial charge is 0.236 e. The van der Waals surface area contributed by atoms with Gasteiger partial charge in [-0.15, -0.1) is 27.0 Å². The van der Waals surface area contributed by atoms with Crippen molar-refractivity contribution in [2.24, 2.45) is 0 Å². The molecule has 1 amide bonds. The molecule has 0 spiro atoms. The maximum atomic E-state index is 12.2. The van der Waals surface area contributed by atoms with Crippen molar-refractivity contribution in [3.8, 4) is 5.75 Å². The third kappa shape index (κ3) is 5.45. The molecule has 10 heteroatoms. The Labute approximate surface area is 183 Å². The van der Waals surface area contributed by atoms with Crippen LogP contribution in [0.15, 0.2) is 36.0 Å². The van der Waals surface area contributed by atoms with Crippen molar-refractivity contribution < 1.29 is 9.53 Å². The fraction of sp³-hybridized carbons (Fsp3) is 0.350. The molecule has 3 aromatic rings. The summed E-state index contributed by atoms with van der Waals surface area (Å²) in [7, 11) is 0. The van der Waals surface area contributed by atoms with Gasteiger partial charge in [0.25, 0.3) is 0 Å². The summed E-state index contributed by atoms with van der Waals surface area (Å²) in [5, 5.41) is 21.0. The van der Waals surface area contributed by atoms with E-state index in [4.69, 9.17) is 4.74 Å². The molecule has 0 aliphatic rings. The van der Waals surface area contributed by atoms with Crippen LogP contribution in [0.5, 0.6) is 5.75 Å². The summed E-state index contributed by atoms with van der Waals surface area (Å²) in [6.45, 7) is 12.2. The van der Waals surface area contributed by atoms with Crippen LogP contribution in [0.3, 0.4) is 0 Å². The molecule has 158 valence electrons. The molecular formula is C20H24N6O2S2. The summed E-state index contributed by atoms with van der Waals surface area (Å²) in [5.74, 6) is 1.46. The summed E-state index contributed by atoms with van der Waals surface area (Å²) >= 11 is 2.63. The summed E-state index contributed by atoms with van der Waals surface area (Å²) < 4.78 is 7.99. The molecule has 0 radical (unpaired) electrons. The Morgan fingerprint density at radius 3 is 2.73 bits per heavy atom. The summed E-state index contributed by atoms with van der Waals surface area (Å²) in [5.41, 5.74) is 2.38. The first-order valence-corrected chi connectivity index (χ1v) is 11.2. The quantitative estimate of drug-likeness (QED) is 0.392. The number of allylic oxidation sites excluding steroid dienone is 1. The van der Waals surface area contributed by atoms with E-state index in [1.54, 1.807) is 6.08 Å². The number of carbonyl (C=O) groups excluding carboxylic acids is 1. The van der Waals surface area contributed by atoms with Gasteiger partial charge in [0.05, 0.1) is 5.75 Å². The average molecular weight is 445 g/mol. The maximum Gasteiger partial charge on any atom is 0.236 e. The van der Waals surface area contributed by atoms with Crippen molar-refractivity contribution in [2.45, 2.75) is 45.5 Å². The summed E-state index contributed by atoms with van der Waals surface area (Å²) in [4.78, 5) is 12.2. The molecule has 0 aliphatic carbocycles. The number of hydrogen-bond donors (Lipinski definition) is 1. The van der Waals surface area contributed by atoms with Crippen LogP contribution in [-0.2, 0) is 11.3 Å². The Kier molecular flexibility index (Phi) is 7.22.